The zero-order valence-electron chi connectivity index (χ0n) is 25.5. The molecule has 0 aliphatic carbocycles. The van der Waals surface area contributed by atoms with Crippen LogP contribution in [0.2, 0.25) is 0 Å². The fourth-order valence-corrected chi connectivity index (χ4v) is 5.86. The van der Waals surface area contributed by atoms with Crippen LogP contribution in [0, 0.1) is 17.9 Å². The van der Waals surface area contributed by atoms with Crippen LogP contribution in [-0.4, -0.2) is 19.9 Å². The van der Waals surface area contributed by atoms with Gasteiger partial charge in [0.15, 0.2) is 5.69 Å². The lowest BCUT2D eigenvalue weighted by Gasteiger charge is -2.13. The maximum Gasteiger partial charge on any atom is 0.187 e. The van der Waals surface area contributed by atoms with E-state index < -0.39 is 0 Å². The average Bonchev–Trinajstić information content (AvgIpc) is 3.17. The molecule has 8 aromatic rings. The molecule has 2 heterocycles. The molecule has 48 heavy (non-hydrogen) atoms. The molecule has 0 N–H and O–H groups in total. The number of nitriles is 1. The Morgan fingerprint density at radius 2 is 0.792 bits per heavy atom. The van der Waals surface area contributed by atoms with Crippen molar-refractivity contribution in [3.8, 4) is 62.2 Å². The topological polar surface area (TPSA) is 79.7 Å². The van der Waals surface area contributed by atoms with Crippen LogP contribution in [0.3, 0.4) is 0 Å². The molecular weight excluding hydrogens is 589 g/mol. The number of aromatic nitrogens is 4. The van der Waals surface area contributed by atoms with Gasteiger partial charge >= 0.3 is 0 Å². The van der Waals surface area contributed by atoms with Gasteiger partial charge in [0.1, 0.15) is 0 Å². The van der Waals surface area contributed by atoms with Gasteiger partial charge in [0.25, 0.3) is 0 Å². The molecule has 0 atom stereocenters. The number of nitrogens with zero attached hydrogens (tertiary/aromatic N) is 6. The van der Waals surface area contributed by atoms with Crippen LogP contribution in [0.15, 0.2) is 146 Å². The number of hydrogen-bond acceptors (Lipinski definition) is 5. The third kappa shape index (κ3) is 5.30. The minimum atomic E-state index is 0.577. The van der Waals surface area contributed by atoms with Gasteiger partial charge in [-0.1, -0.05) is 109 Å². The Morgan fingerprint density at radius 3 is 1.21 bits per heavy atom. The smallest absolute Gasteiger partial charge is 0.187 e. The molecule has 2 aromatic heterocycles. The van der Waals surface area contributed by atoms with Gasteiger partial charge < -0.3 is 0 Å². The van der Waals surface area contributed by atoms with E-state index in [9.17, 15) is 5.26 Å². The molecule has 0 saturated heterocycles. The molecule has 0 spiro atoms. The Balaban J connectivity index is 1.26. The third-order valence-electron chi connectivity index (χ3n) is 8.31. The molecule has 6 aromatic carbocycles. The van der Waals surface area contributed by atoms with Crippen molar-refractivity contribution in [3.63, 3.8) is 0 Å². The summed E-state index contributed by atoms with van der Waals surface area (Å²) in [5, 5.41) is 9.34. The second-order valence-electron chi connectivity index (χ2n) is 11.3. The van der Waals surface area contributed by atoms with E-state index in [0.29, 0.717) is 11.3 Å². The summed E-state index contributed by atoms with van der Waals surface area (Å²) < 4.78 is 0. The van der Waals surface area contributed by atoms with Crippen LogP contribution < -0.4 is 0 Å². The van der Waals surface area contributed by atoms with Crippen molar-refractivity contribution in [1.29, 1.82) is 5.26 Å². The van der Waals surface area contributed by atoms with E-state index in [-0.39, 0.29) is 0 Å². The van der Waals surface area contributed by atoms with Crippen molar-refractivity contribution in [1.82, 2.24) is 19.9 Å². The van der Waals surface area contributed by atoms with E-state index >= 15 is 0 Å². The average molecular weight is 613 g/mol. The highest BCUT2D eigenvalue weighted by Gasteiger charge is 2.16. The summed E-state index contributed by atoms with van der Waals surface area (Å²) in [5.41, 5.74) is 13.0. The van der Waals surface area contributed by atoms with E-state index in [0.717, 1.165) is 78.2 Å². The van der Waals surface area contributed by atoms with Gasteiger partial charge in [-0.25, -0.2) is 24.8 Å². The second kappa shape index (κ2) is 12.1. The molecular formula is C42H24N6. The highest BCUT2D eigenvalue weighted by atomic mass is 14.8. The Kier molecular flexibility index (Phi) is 7.15. The van der Waals surface area contributed by atoms with E-state index in [1.165, 1.54) is 0 Å². The summed E-state index contributed by atoms with van der Waals surface area (Å²) in [6.45, 7) is 7.36. The summed E-state index contributed by atoms with van der Waals surface area (Å²) in [7, 11) is 0. The lowest BCUT2D eigenvalue weighted by molar-refractivity contribution is 1.29. The third-order valence-corrected chi connectivity index (χ3v) is 8.31. The van der Waals surface area contributed by atoms with Gasteiger partial charge in [0, 0.05) is 16.7 Å². The Labute approximate surface area is 277 Å². The first-order chi connectivity index (χ1) is 23.7. The number of rotatable bonds is 5. The maximum absolute atomic E-state index is 9.34. The molecule has 0 fully saturated rings. The van der Waals surface area contributed by atoms with Gasteiger partial charge in [0.05, 0.1) is 63.0 Å². The predicted octanol–water partition coefficient (Wildman–Crippen LogP) is 10.3. The van der Waals surface area contributed by atoms with Crippen LogP contribution in [-0.2, 0) is 0 Å². The number of fused-ring (bicyclic) bond motifs is 2. The lowest BCUT2D eigenvalue weighted by atomic mass is 10.0. The minimum Gasteiger partial charge on any atom is -0.244 e. The first-order valence-electron chi connectivity index (χ1n) is 15.4. The Morgan fingerprint density at radius 1 is 0.417 bits per heavy atom. The summed E-state index contributed by atoms with van der Waals surface area (Å²) in [5.74, 6) is 0. The number of benzene rings is 6. The van der Waals surface area contributed by atoms with Crippen LogP contribution in [0.4, 0.5) is 5.69 Å². The molecule has 6 heteroatoms. The minimum absolute atomic E-state index is 0.577. The van der Waals surface area contributed by atoms with Crippen LogP contribution >= 0.6 is 0 Å². The Hall–Kier alpha value is -7.02. The van der Waals surface area contributed by atoms with Crippen LogP contribution in [0.5, 0.6) is 0 Å². The van der Waals surface area contributed by atoms with Gasteiger partial charge in [-0.05, 0) is 53.1 Å². The predicted molar refractivity (Wildman–Crippen MR) is 191 cm³/mol. The fourth-order valence-electron chi connectivity index (χ4n) is 5.86. The monoisotopic (exact) mass is 612 g/mol. The molecule has 0 aliphatic rings. The zero-order valence-corrected chi connectivity index (χ0v) is 25.5. The van der Waals surface area contributed by atoms with Gasteiger partial charge in [0.2, 0.25) is 0 Å². The summed E-state index contributed by atoms with van der Waals surface area (Å²) in [4.78, 5) is 24.0. The fraction of sp³-hybridized carbons (Fsp3) is 0. The molecule has 0 radical (unpaired) electrons. The SMILES string of the molecule is [C-]#[N+]c1ccc(-c2nc3cc(-c4ccc5nc(-c6ccccc6)c(-c6ccc(C#N)cc6)nc5c4)ccc3nc2-c2ccccc2)cc1. The number of hydrogen-bond donors (Lipinski definition) is 0. The first kappa shape index (κ1) is 28.5. The highest BCUT2D eigenvalue weighted by Crippen LogP contribution is 2.35. The normalized spacial score (nSPS) is 10.9. The van der Waals surface area contributed by atoms with Crippen molar-refractivity contribution in [2.75, 3.05) is 0 Å². The Bertz CT molecular complexity index is 2370. The molecule has 222 valence electrons. The largest absolute Gasteiger partial charge is 0.244 e. The second-order valence-corrected chi connectivity index (χ2v) is 11.3. The quantitative estimate of drug-likeness (QED) is 0.181. The summed E-state index contributed by atoms with van der Waals surface area (Å²) in [6.07, 6.45) is 0. The molecule has 6 nitrogen and oxygen atoms in total. The molecule has 0 amide bonds. The van der Waals surface area contributed by atoms with Crippen molar-refractivity contribution in [2.24, 2.45) is 0 Å². The van der Waals surface area contributed by atoms with Gasteiger partial charge in [-0.3, -0.25) is 0 Å². The van der Waals surface area contributed by atoms with E-state index in [2.05, 4.69) is 35.2 Å². The van der Waals surface area contributed by atoms with Crippen molar-refractivity contribution in [2.45, 2.75) is 0 Å². The molecule has 8 rings (SSSR count). The van der Waals surface area contributed by atoms with Crippen molar-refractivity contribution in [3.05, 3.63) is 163 Å². The highest BCUT2D eigenvalue weighted by molar-refractivity contribution is 5.92. The molecule has 0 bridgehead atoms. The summed E-state index contributed by atoms with van der Waals surface area (Å²) >= 11 is 0. The van der Waals surface area contributed by atoms with E-state index in [1.807, 2.05) is 109 Å². The maximum atomic E-state index is 9.34. The van der Waals surface area contributed by atoms with Gasteiger partial charge in [-0.2, -0.15) is 5.26 Å². The van der Waals surface area contributed by atoms with E-state index in [4.69, 9.17) is 26.5 Å². The molecule has 0 unspecified atom stereocenters. The first-order valence-corrected chi connectivity index (χ1v) is 15.4. The van der Waals surface area contributed by atoms with Crippen molar-refractivity contribution >= 4 is 27.8 Å². The molecule has 0 aliphatic heterocycles. The van der Waals surface area contributed by atoms with E-state index in [1.54, 1.807) is 12.1 Å². The molecule has 0 saturated carbocycles. The summed E-state index contributed by atoms with van der Waals surface area (Å²) in [6, 6.07) is 49.4. The van der Waals surface area contributed by atoms with Crippen LogP contribution in [0.1, 0.15) is 5.56 Å². The lowest BCUT2D eigenvalue weighted by Crippen LogP contribution is -1.97. The standard InChI is InChI=1S/C42H24N6/c1-44-34-20-16-31(17-21-34)42-40(29-10-6-3-7-11-29)46-36-23-19-33(25-38(36)48-42)32-18-22-35-37(24-32)47-41(30-14-12-27(26-43)13-15-30)39(45-35)28-8-4-2-5-9-28/h2-25H. The van der Waals surface area contributed by atoms with Gasteiger partial charge in [-0.15, -0.1) is 0 Å². The van der Waals surface area contributed by atoms with Crippen LogP contribution in [0.25, 0.3) is 83.1 Å². The zero-order chi connectivity index (χ0) is 32.5. The van der Waals surface area contributed by atoms with Crippen molar-refractivity contribution < 1.29 is 0 Å².